The second kappa shape index (κ2) is 4.84. The van der Waals surface area contributed by atoms with Crippen LogP contribution in [0.5, 0.6) is 0 Å². The highest BCUT2D eigenvalue weighted by Crippen LogP contribution is 2.33. The van der Waals surface area contributed by atoms with Gasteiger partial charge in [-0.05, 0) is 31.1 Å². The normalized spacial score (nSPS) is 19.9. The Morgan fingerprint density at radius 1 is 1.35 bits per heavy atom. The minimum Gasteiger partial charge on any atom is -0.481 e. The summed E-state index contributed by atoms with van der Waals surface area (Å²) in [6.45, 7) is 4.02. The van der Waals surface area contributed by atoms with Crippen LogP contribution in [0.25, 0.3) is 5.57 Å². The van der Waals surface area contributed by atoms with E-state index in [0.717, 1.165) is 17.6 Å². The second-order valence-corrected chi connectivity index (χ2v) is 4.51. The van der Waals surface area contributed by atoms with Gasteiger partial charge in [0.2, 0.25) is 0 Å². The molecule has 1 aliphatic rings. The van der Waals surface area contributed by atoms with Gasteiger partial charge in [-0.1, -0.05) is 36.7 Å². The molecule has 0 aromatic heterocycles. The molecule has 2 rings (SSSR count). The maximum atomic E-state index is 9.92. The zero-order valence-electron chi connectivity index (χ0n) is 9.90. The molecule has 0 bridgehead atoms. The molecule has 3 heteroatoms. The summed E-state index contributed by atoms with van der Waals surface area (Å²) < 4.78 is 5.48. The van der Waals surface area contributed by atoms with Crippen molar-refractivity contribution in [2.75, 3.05) is 0 Å². The first kappa shape index (κ1) is 12.1. The lowest BCUT2D eigenvalue weighted by atomic mass is 9.98. The number of aliphatic hydroxyl groups is 1. The molecule has 1 aromatic carbocycles. The third-order valence-corrected chi connectivity index (χ3v) is 3.23. The van der Waals surface area contributed by atoms with E-state index in [9.17, 15) is 5.11 Å². The van der Waals surface area contributed by atoms with Crippen molar-refractivity contribution in [3.8, 4) is 0 Å². The third kappa shape index (κ3) is 2.32. The van der Waals surface area contributed by atoms with Gasteiger partial charge in [-0.2, -0.15) is 0 Å². The Morgan fingerprint density at radius 3 is 2.71 bits per heavy atom. The van der Waals surface area contributed by atoms with Gasteiger partial charge in [-0.3, -0.25) is 0 Å². The van der Waals surface area contributed by atoms with Crippen LogP contribution in [0.1, 0.15) is 25.8 Å². The Morgan fingerprint density at radius 2 is 2.06 bits per heavy atom. The van der Waals surface area contributed by atoms with E-state index in [1.54, 1.807) is 6.07 Å². The van der Waals surface area contributed by atoms with E-state index < -0.39 is 0 Å². The Balaban J connectivity index is 2.44. The smallest absolute Gasteiger partial charge is 0.285 e. The number of ether oxygens (including phenoxy) is 1. The number of halogens is 1. The SMILES string of the molecule is CCC1OC(O)=C(c2ccccc2Cl)C=C1C. The summed E-state index contributed by atoms with van der Waals surface area (Å²) in [5, 5.41) is 10.5. The molecule has 17 heavy (non-hydrogen) atoms. The van der Waals surface area contributed by atoms with Gasteiger partial charge >= 0.3 is 0 Å². The number of allylic oxidation sites excluding steroid dienone is 2. The maximum absolute atomic E-state index is 9.92. The van der Waals surface area contributed by atoms with Gasteiger partial charge in [0, 0.05) is 10.6 Å². The number of benzene rings is 1. The lowest BCUT2D eigenvalue weighted by Gasteiger charge is -2.24. The molecule has 0 amide bonds. The molecule has 1 atom stereocenters. The number of hydrogen-bond donors (Lipinski definition) is 1. The molecule has 1 aliphatic heterocycles. The Kier molecular flexibility index (Phi) is 3.43. The minimum absolute atomic E-state index is 0.0405. The highest BCUT2D eigenvalue weighted by molar-refractivity contribution is 6.32. The Bertz CT molecular complexity index is 489. The van der Waals surface area contributed by atoms with E-state index >= 15 is 0 Å². The van der Waals surface area contributed by atoms with Gasteiger partial charge in [-0.25, -0.2) is 0 Å². The van der Waals surface area contributed by atoms with Crippen molar-refractivity contribution in [1.29, 1.82) is 0 Å². The predicted octanol–water partition coefficient (Wildman–Crippen LogP) is 4.32. The standard InChI is InChI=1S/C14H15ClO2/c1-3-13-9(2)8-11(14(16)17-13)10-6-4-5-7-12(10)15/h4-8,13,16H,3H2,1-2H3. The molecule has 1 unspecified atom stereocenters. The molecule has 0 saturated heterocycles. The minimum atomic E-state index is -0.0458. The summed E-state index contributed by atoms with van der Waals surface area (Å²) in [7, 11) is 0. The van der Waals surface area contributed by atoms with Crippen molar-refractivity contribution in [3.63, 3.8) is 0 Å². The first-order valence-corrected chi connectivity index (χ1v) is 6.04. The van der Waals surface area contributed by atoms with Gasteiger partial charge < -0.3 is 9.84 Å². The van der Waals surface area contributed by atoms with E-state index in [1.165, 1.54) is 0 Å². The zero-order valence-corrected chi connectivity index (χ0v) is 10.7. The second-order valence-electron chi connectivity index (χ2n) is 4.10. The van der Waals surface area contributed by atoms with Crippen LogP contribution in [0, 0.1) is 0 Å². The van der Waals surface area contributed by atoms with Crippen LogP contribution in [0.4, 0.5) is 0 Å². The van der Waals surface area contributed by atoms with Crippen LogP contribution < -0.4 is 0 Å². The molecule has 0 radical (unpaired) electrons. The number of rotatable bonds is 2. The third-order valence-electron chi connectivity index (χ3n) is 2.90. The summed E-state index contributed by atoms with van der Waals surface area (Å²) in [6.07, 6.45) is 2.73. The molecule has 1 heterocycles. The zero-order chi connectivity index (χ0) is 12.4. The number of hydrogen-bond acceptors (Lipinski definition) is 2. The van der Waals surface area contributed by atoms with E-state index in [1.807, 2.05) is 38.1 Å². The lowest BCUT2D eigenvalue weighted by molar-refractivity contribution is 0.0483. The summed E-state index contributed by atoms with van der Waals surface area (Å²) in [5.74, 6) is -0.0458. The van der Waals surface area contributed by atoms with E-state index in [2.05, 4.69) is 0 Å². The van der Waals surface area contributed by atoms with Crippen LogP contribution >= 0.6 is 11.6 Å². The van der Waals surface area contributed by atoms with Gasteiger partial charge in [0.1, 0.15) is 6.10 Å². The van der Waals surface area contributed by atoms with Crippen LogP contribution in [-0.2, 0) is 4.74 Å². The van der Waals surface area contributed by atoms with Gasteiger partial charge in [0.25, 0.3) is 5.95 Å². The molecule has 90 valence electrons. The molecule has 0 aliphatic carbocycles. The highest BCUT2D eigenvalue weighted by Gasteiger charge is 2.22. The van der Waals surface area contributed by atoms with E-state index in [0.29, 0.717) is 10.6 Å². The quantitative estimate of drug-likeness (QED) is 0.847. The van der Waals surface area contributed by atoms with Crippen molar-refractivity contribution in [1.82, 2.24) is 0 Å². The van der Waals surface area contributed by atoms with Crippen molar-refractivity contribution in [2.24, 2.45) is 0 Å². The summed E-state index contributed by atoms with van der Waals surface area (Å²) >= 11 is 6.11. The predicted molar refractivity (Wildman–Crippen MR) is 69.9 cm³/mol. The molecule has 0 fully saturated rings. The first-order valence-electron chi connectivity index (χ1n) is 5.66. The fourth-order valence-electron chi connectivity index (χ4n) is 1.95. The molecular formula is C14H15ClO2. The average molecular weight is 251 g/mol. The highest BCUT2D eigenvalue weighted by atomic mass is 35.5. The first-order chi connectivity index (χ1) is 8.13. The summed E-state index contributed by atoms with van der Waals surface area (Å²) in [4.78, 5) is 0. The molecule has 0 spiro atoms. The van der Waals surface area contributed by atoms with Crippen LogP contribution in [0.2, 0.25) is 5.02 Å². The van der Waals surface area contributed by atoms with Gasteiger partial charge in [0.05, 0.1) is 5.57 Å². The molecule has 0 saturated carbocycles. The monoisotopic (exact) mass is 250 g/mol. The van der Waals surface area contributed by atoms with Crippen LogP contribution in [-0.4, -0.2) is 11.2 Å². The maximum Gasteiger partial charge on any atom is 0.285 e. The molecular weight excluding hydrogens is 236 g/mol. The lowest BCUT2D eigenvalue weighted by Crippen LogP contribution is -2.17. The van der Waals surface area contributed by atoms with Gasteiger partial charge in [-0.15, -0.1) is 0 Å². The van der Waals surface area contributed by atoms with Crippen molar-refractivity contribution >= 4 is 17.2 Å². The van der Waals surface area contributed by atoms with Crippen molar-refractivity contribution < 1.29 is 9.84 Å². The average Bonchev–Trinajstić information content (AvgIpc) is 2.32. The van der Waals surface area contributed by atoms with Crippen LogP contribution in [0.3, 0.4) is 0 Å². The molecule has 1 aromatic rings. The van der Waals surface area contributed by atoms with E-state index in [-0.39, 0.29) is 12.0 Å². The van der Waals surface area contributed by atoms with Crippen molar-refractivity contribution in [2.45, 2.75) is 26.4 Å². The van der Waals surface area contributed by atoms with Crippen molar-refractivity contribution in [3.05, 3.63) is 52.4 Å². The van der Waals surface area contributed by atoms with Crippen LogP contribution in [0.15, 0.2) is 41.9 Å². The number of aliphatic hydroxyl groups excluding tert-OH is 1. The molecule has 1 N–H and O–H groups in total. The molecule has 2 nitrogen and oxygen atoms in total. The summed E-state index contributed by atoms with van der Waals surface area (Å²) in [6, 6.07) is 7.41. The Hall–Kier alpha value is -1.41. The topological polar surface area (TPSA) is 29.5 Å². The summed E-state index contributed by atoms with van der Waals surface area (Å²) in [5.41, 5.74) is 2.54. The fourth-order valence-corrected chi connectivity index (χ4v) is 2.19. The van der Waals surface area contributed by atoms with E-state index in [4.69, 9.17) is 16.3 Å². The fraction of sp³-hybridized carbons (Fsp3) is 0.286. The Labute approximate surface area is 106 Å². The van der Waals surface area contributed by atoms with Gasteiger partial charge in [0.15, 0.2) is 0 Å². The largest absolute Gasteiger partial charge is 0.481 e.